The fourth-order valence-electron chi connectivity index (χ4n) is 10.7. The van der Waals surface area contributed by atoms with Crippen molar-refractivity contribution in [2.24, 2.45) is 0 Å². The lowest BCUT2D eigenvalue weighted by Crippen LogP contribution is -2.29. The number of thiophene rings is 1. The van der Waals surface area contributed by atoms with Gasteiger partial charge >= 0.3 is 0 Å². The van der Waals surface area contributed by atoms with Crippen LogP contribution in [-0.2, 0) is 5.41 Å². The van der Waals surface area contributed by atoms with E-state index in [9.17, 15) is 0 Å². The van der Waals surface area contributed by atoms with Crippen molar-refractivity contribution in [3.63, 3.8) is 0 Å². The van der Waals surface area contributed by atoms with E-state index in [1.54, 1.807) is 0 Å². The average Bonchev–Trinajstić information content (AvgIpc) is 3.98. The summed E-state index contributed by atoms with van der Waals surface area (Å²) < 4.78 is 8.83. The minimum absolute atomic E-state index is 0.606. The molecule has 1 unspecified atom stereocenters. The Morgan fingerprint density at radius 1 is 0.317 bits per heavy atom. The molecular formula is C58H33N3OS. The first-order chi connectivity index (χ1) is 31.2. The van der Waals surface area contributed by atoms with E-state index in [1.165, 1.54) is 75.8 Å². The lowest BCUT2D eigenvalue weighted by molar-refractivity contribution is 0.669. The summed E-state index contributed by atoms with van der Waals surface area (Å²) >= 11 is 1.87. The first-order valence-corrected chi connectivity index (χ1v) is 22.2. The van der Waals surface area contributed by atoms with Crippen molar-refractivity contribution >= 4 is 53.4 Å². The molecule has 0 radical (unpaired) electrons. The molecule has 0 amide bonds. The summed E-state index contributed by atoms with van der Waals surface area (Å²) in [5, 5.41) is 4.67. The number of benzene rings is 9. The number of hydrogen-bond acceptors (Lipinski definition) is 5. The average molecular weight is 820 g/mol. The molecule has 4 nitrogen and oxygen atoms in total. The number of furan rings is 1. The van der Waals surface area contributed by atoms with Gasteiger partial charge in [0, 0.05) is 47.6 Å². The van der Waals surface area contributed by atoms with Gasteiger partial charge < -0.3 is 4.42 Å². The van der Waals surface area contributed by atoms with Gasteiger partial charge in [0.05, 0.1) is 5.41 Å². The molecule has 0 saturated heterocycles. The third-order valence-corrected chi connectivity index (χ3v) is 14.5. The molecule has 0 bridgehead atoms. The van der Waals surface area contributed by atoms with E-state index in [-0.39, 0.29) is 0 Å². The molecule has 3 heterocycles. The van der Waals surface area contributed by atoms with Crippen LogP contribution in [-0.4, -0.2) is 15.0 Å². The monoisotopic (exact) mass is 819 g/mol. The van der Waals surface area contributed by atoms with Gasteiger partial charge in [0.25, 0.3) is 0 Å². The van der Waals surface area contributed by atoms with Crippen LogP contribution in [0.15, 0.2) is 205 Å². The standard InChI is InChI=1S/C58H33N3OS/c1-2-14-34(15-3-1)55-59-56(35-27-29-52-45(30-35)42-20-8-12-24-51(42)62-52)61-57(60-55)36-26-28-41-38-17-5-4-16-37(38)39-18-6-10-22-47(39)58(49(41)31-36)48-23-11-7-19-40(48)44-33-54-46(32-50(44)58)43-21-9-13-25-53(43)63-54/h1-33H. The maximum atomic E-state index is 6.23. The highest BCUT2D eigenvalue weighted by Crippen LogP contribution is 2.62. The third kappa shape index (κ3) is 4.88. The molecule has 0 saturated carbocycles. The molecule has 12 aromatic rings. The molecule has 0 aliphatic heterocycles. The fraction of sp³-hybridized carbons (Fsp3) is 0.0172. The summed E-state index contributed by atoms with van der Waals surface area (Å²) in [6, 6.07) is 72.3. The van der Waals surface area contributed by atoms with E-state index >= 15 is 0 Å². The number of nitrogens with zero attached hydrogens (tertiary/aromatic N) is 3. The Hall–Kier alpha value is -7.99. The van der Waals surface area contributed by atoms with Crippen LogP contribution in [0.3, 0.4) is 0 Å². The molecule has 63 heavy (non-hydrogen) atoms. The number of hydrogen-bond donors (Lipinski definition) is 0. The van der Waals surface area contributed by atoms with Crippen molar-refractivity contribution in [1.29, 1.82) is 0 Å². The molecule has 2 aliphatic rings. The summed E-state index contributed by atoms with van der Waals surface area (Å²) in [5.74, 6) is 1.84. The summed E-state index contributed by atoms with van der Waals surface area (Å²) in [4.78, 5) is 15.8. The molecule has 0 fully saturated rings. The fourth-order valence-corrected chi connectivity index (χ4v) is 11.8. The van der Waals surface area contributed by atoms with Crippen molar-refractivity contribution in [2.75, 3.05) is 0 Å². The van der Waals surface area contributed by atoms with Gasteiger partial charge in [-0.15, -0.1) is 11.3 Å². The van der Waals surface area contributed by atoms with Crippen molar-refractivity contribution in [2.45, 2.75) is 5.41 Å². The minimum atomic E-state index is -0.671. The SMILES string of the molecule is c1ccc(-c2nc(-c3ccc4c(c3)C3(c5ccccc5-c5ccccc5-4)c4ccccc4-c4cc5sc6ccccc6c5cc43)nc(-c3ccc4oc5ccccc5c4c3)n2)cc1. The Balaban J connectivity index is 1.08. The summed E-state index contributed by atoms with van der Waals surface area (Å²) in [6.07, 6.45) is 0. The van der Waals surface area contributed by atoms with Crippen LogP contribution in [0.25, 0.3) is 110 Å². The Morgan fingerprint density at radius 2 is 0.857 bits per heavy atom. The van der Waals surface area contributed by atoms with Gasteiger partial charge in [-0.05, 0) is 104 Å². The normalized spacial score (nSPS) is 14.7. The topological polar surface area (TPSA) is 51.8 Å². The van der Waals surface area contributed by atoms with Gasteiger partial charge in [-0.25, -0.2) is 15.0 Å². The second-order valence-electron chi connectivity index (χ2n) is 16.6. The van der Waals surface area contributed by atoms with E-state index in [1.807, 2.05) is 53.8 Å². The predicted octanol–water partition coefficient (Wildman–Crippen LogP) is 15.2. The molecule has 292 valence electrons. The second kappa shape index (κ2) is 13.0. The van der Waals surface area contributed by atoms with E-state index in [4.69, 9.17) is 19.4 Å². The lowest BCUT2D eigenvalue weighted by atomic mass is 9.65. The molecule has 14 rings (SSSR count). The highest BCUT2D eigenvalue weighted by Gasteiger charge is 2.50. The summed E-state index contributed by atoms with van der Waals surface area (Å²) in [7, 11) is 0. The molecular weight excluding hydrogens is 787 g/mol. The largest absolute Gasteiger partial charge is 0.456 e. The van der Waals surface area contributed by atoms with Crippen LogP contribution in [0, 0.1) is 0 Å². The quantitative estimate of drug-likeness (QED) is 0.178. The summed E-state index contributed by atoms with van der Waals surface area (Å²) in [5.41, 5.74) is 16.2. The Labute approximate surface area is 366 Å². The third-order valence-electron chi connectivity index (χ3n) is 13.4. The lowest BCUT2D eigenvalue weighted by Gasteiger charge is -2.35. The zero-order valence-electron chi connectivity index (χ0n) is 33.7. The van der Waals surface area contributed by atoms with Crippen molar-refractivity contribution in [3.8, 4) is 67.5 Å². The van der Waals surface area contributed by atoms with Crippen LogP contribution in [0.4, 0.5) is 0 Å². The van der Waals surface area contributed by atoms with Crippen molar-refractivity contribution < 1.29 is 4.42 Å². The zero-order valence-corrected chi connectivity index (χ0v) is 34.5. The maximum absolute atomic E-state index is 6.23. The second-order valence-corrected chi connectivity index (χ2v) is 17.7. The minimum Gasteiger partial charge on any atom is -0.456 e. The molecule has 3 aromatic heterocycles. The van der Waals surface area contributed by atoms with E-state index in [0.29, 0.717) is 17.5 Å². The van der Waals surface area contributed by atoms with Gasteiger partial charge in [0.15, 0.2) is 17.5 Å². The van der Waals surface area contributed by atoms with E-state index < -0.39 is 5.41 Å². The first-order valence-electron chi connectivity index (χ1n) is 21.3. The molecule has 9 aromatic carbocycles. The Morgan fingerprint density at radius 3 is 1.62 bits per heavy atom. The molecule has 2 aliphatic carbocycles. The highest BCUT2D eigenvalue weighted by atomic mass is 32.1. The van der Waals surface area contributed by atoms with E-state index in [2.05, 4.69) is 158 Å². The van der Waals surface area contributed by atoms with Crippen molar-refractivity contribution in [1.82, 2.24) is 15.0 Å². The van der Waals surface area contributed by atoms with Crippen LogP contribution in [0.2, 0.25) is 0 Å². The Bertz CT molecular complexity index is 3880. The summed E-state index contributed by atoms with van der Waals surface area (Å²) in [6.45, 7) is 0. The number of rotatable bonds is 3. The van der Waals surface area contributed by atoms with Crippen LogP contribution in [0.5, 0.6) is 0 Å². The molecule has 0 N–H and O–H groups in total. The molecule has 1 spiro atoms. The van der Waals surface area contributed by atoms with Crippen LogP contribution in [0.1, 0.15) is 22.3 Å². The predicted molar refractivity (Wildman–Crippen MR) is 258 cm³/mol. The maximum Gasteiger partial charge on any atom is 0.164 e. The molecule has 1 atom stereocenters. The molecule has 5 heteroatoms. The van der Waals surface area contributed by atoms with Gasteiger partial charge in [-0.1, -0.05) is 152 Å². The van der Waals surface area contributed by atoms with Gasteiger partial charge in [0.1, 0.15) is 11.2 Å². The zero-order chi connectivity index (χ0) is 41.2. The van der Waals surface area contributed by atoms with Gasteiger partial charge in [-0.3, -0.25) is 0 Å². The first kappa shape index (κ1) is 34.7. The van der Waals surface area contributed by atoms with Crippen molar-refractivity contribution in [3.05, 3.63) is 222 Å². The number of aromatic nitrogens is 3. The Kier molecular flexibility index (Phi) is 7.16. The number of fused-ring (bicyclic) bond motifs is 18. The smallest absolute Gasteiger partial charge is 0.164 e. The van der Waals surface area contributed by atoms with Crippen LogP contribution >= 0.6 is 11.3 Å². The highest BCUT2D eigenvalue weighted by molar-refractivity contribution is 7.25. The van der Waals surface area contributed by atoms with E-state index in [0.717, 1.165) is 38.6 Å². The number of para-hydroxylation sites is 1. The van der Waals surface area contributed by atoms with Gasteiger partial charge in [0.2, 0.25) is 0 Å². The van der Waals surface area contributed by atoms with Gasteiger partial charge in [-0.2, -0.15) is 0 Å². The van der Waals surface area contributed by atoms with Crippen LogP contribution < -0.4 is 0 Å².